The highest BCUT2D eigenvalue weighted by atomic mass is 127. The van der Waals surface area contributed by atoms with Crippen LogP contribution in [0.3, 0.4) is 0 Å². The zero-order valence-electron chi connectivity index (χ0n) is 17.5. The lowest BCUT2D eigenvalue weighted by molar-refractivity contribution is -0.136. The standard InChI is InChI=1S/C20H33N5O2S.HI/c1-3-21-20(22-14-17(2)18-4-13-28-16-18)25-7-5-23(6-8-25)15-19(26)24-9-11-27-12-10-24;/h4,13,16-17H,3,5-12,14-15H2,1-2H3,(H,21,22);1H. The second-order valence-corrected chi connectivity index (χ2v) is 8.19. The number of thiophene rings is 1. The van der Waals surface area contributed by atoms with Gasteiger partial charge in [-0.1, -0.05) is 6.92 Å². The molecule has 2 aliphatic rings. The maximum Gasteiger partial charge on any atom is 0.236 e. The highest BCUT2D eigenvalue weighted by Gasteiger charge is 2.24. The Balaban J connectivity index is 0.00000300. The van der Waals surface area contributed by atoms with Crippen LogP contribution >= 0.6 is 35.3 Å². The van der Waals surface area contributed by atoms with E-state index < -0.39 is 0 Å². The Morgan fingerprint density at radius 3 is 2.55 bits per heavy atom. The number of carbonyl (C=O) groups excluding carboxylic acids is 1. The van der Waals surface area contributed by atoms with Gasteiger partial charge in [-0.05, 0) is 29.3 Å². The first-order valence-corrected chi connectivity index (χ1v) is 11.2. The quantitative estimate of drug-likeness (QED) is 0.343. The van der Waals surface area contributed by atoms with E-state index in [2.05, 4.69) is 45.8 Å². The van der Waals surface area contributed by atoms with E-state index in [1.54, 1.807) is 11.3 Å². The van der Waals surface area contributed by atoms with Crippen molar-refractivity contribution in [2.45, 2.75) is 19.8 Å². The van der Waals surface area contributed by atoms with E-state index in [0.29, 0.717) is 25.7 Å². The average molecular weight is 535 g/mol. The number of rotatable bonds is 6. The zero-order valence-corrected chi connectivity index (χ0v) is 20.7. The molecule has 3 rings (SSSR count). The summed E-state index contributed by atoms with van der Waals surface area (Å²) in [6.07, 6.45) is 0. The molecule has 9 heteroatoms. The topological polar surface area (TPSA) is 60.4 Å². The first-order chi connectivity index (χ1) is 13.7. The second kappa shape index (κ2) is 12.7. The lowest BCUT2D eigenvalue weighted by Gasteiger charge is -2.37. The van der Waals surface area contributed by atoms with Crippen molar-refractivity contribution in [3.8, 4) is 0 Å². The average Bonchev–Trinajstić information content (AvgIpc) is 3.27. The van der Waals surface area contributed by atoms with Gasteiger partial charge in [-0.15, -0.1) is 24.0 Å². The van der Waals surface area contributed by atoms with Crippen molar-refractivity contribution in [2.24, 2.45) is 4.99 Å². The molecule has 0 radical (unpaired) electrons. The molecule has 2 saturated heterocycles. The van der Waals surface area contributed by atoms with Crippen molar-refractivity contribution in [2.75, 3.05) is 72.1 Å². The van der Waals surface area contributed by atoms with Crippen LogP contribution in [0.1, 0.15) is 25.3 Å². The van der Waals surface area contributed by atoms with E-state index in [0.717, 1.165) is 58.3 Å². The molecule has 1 aromatic heterocycles. The summed E-state index contributed by atoms with van der Waals surface area (Å²) in [7, 11) is 0. The van der Waals surface area contributed by atoms with Crippen LogP contribution < -0.4 is 5.32 Å². The number of carbonyl (C=O) groups is 1. The SMILES string of the molecule is CCNC(=NCC(C)c1ccsc1)N1CCN(CC(=O)N2CCOCC2)CC1.I. The first-order valence-electron chi connectivity index (χ1n) is 10.3. The third-order valence-electron chi connectivity index (χ3n) is 5.36. The summed E-state index contributed by atoms with van der Waals surface area (Å²) in [5.74, 6) is 1.64. The van der Waals surface area contributed by atoms with Gasteiger partial charge in [0.05, 0.1) is 19.8 Å². The Bertz CT molecular complexity index is 629. The van der Waals surface area contributed by atoms with Gasteiger partial charge in [-0.25, -0.2) is 0 Å². The van der Waals surface area contributed by atoms with Crippen LogP contribution in [0, 0.1) is 0 Å². The van der Waals surface area contributed by atoms with Gasteiger partial charge in [0.15, 0.2) is 5.96 Å². The van der Waals surface area contributed by atoms with Crippen LogP contribution in [0.15, 0.2) is 21.8 Å². The summed E-state index contributed by atoms with van der Waals surface area (Å²) in [6, 6.07) is 2.18. The molecule has 1 unspecified atom stereocenters. The van der Waals surface area contributed by atoms with Crippen molar-refractivity contribution < 1.29 is 9.53 Å². The molecule has 29 heavy (non-hydrogen) atoms. The van der Waals surface area contributed by atoms with E-state index >= 15 is 0 Å². The fraction of sp³-hybridized carbons (Fsp3) is 0.700. The van der Waals surface area contributed by atoms with E-state index in [-0.39, 0.29) is 29.9 Å². The lowest BCUT2D eigenvalue weighted by Crippen LogP contribution is -2.55. The highest BCUT2D eigenvalue weighted by Crippen LogP contribution is 2.18. The second-order valence-electron chi connectivity index (χ2n) is 7.41. The summed E-state index contributed by atoms with van der Waals surface area (Å²) >= 11 is 1.74. The molecule has 0 bridgehead atoms. The van der Waals surface area contributed by atoms with Crippen molar-refractivity contribution in [1.29, 1.82) is 0 Å². The minimum Gasteiger partial charge on any atom is -0.378 e. The number of nitrogens with one attached hydrogen (secondary N) is 1. The normalized spacial score (nSPS) is 19.6. The maximum atomic E-state index is 12.5. The predicted molar refractivity (Wildman–Crippen MR) is 130 cm³/mol. The summed E-state index contributed by atoms with van der Waals surface area (Å²) in [5.41, 5.74) is 1.36. The third kappa shape index (κ3) is 7.37. The smallest absolute Gasteiger partial charge is 0.236 e. The molecule has 0 spiro atoms. The van der Waals surface area contributed by atoms with Crippen molar-refractivity contribution in [3.05, 3.63) is 22.4 Å². The van der Waals surface area contributed by atoms with E-state index in [1.807, 2.05) is 4.90 Å². The van der Waals surface area contributed by atoms with E-state index in [4.69, 9.17) is 9.73 Å². The van der Waals surface area contributed by atoms with Gasteiger partial charge in [0.1, 0.15) is 0 Å². The van der Waals surface area contributed by atoms with Gasteiger partial charge >= 0.3 is 0 Å². The summed E-state index contributed by atoms with van der Waals surface area (Å²) in [5, 5.41) is 7.76. The lowest BCUT2D eigenvalue weighted by atomic mass is 10.1. The van der Waals surface area contributed by atoms with Gasteiger partial charge in [0.2, 0.25) is 5.91 Å². The Morgan fingerprint density at radius 2 is 1.93 bits per heavy atom. The minimum atomic E-state index is 0. The van der Waals surface area contributed by atoms with Crippen LogP contribution in [0.5, 0.6) is 0 Å². The maximum absolute atomic E-state index is 12.5. The zero-order chi connectivity index (χ0) is 19.8. The van der Waals surface area contributed by atoms with Gasteiger partial charge in [0.25, 0.3) is 0 Å². The molecule has 2 aliphatic heterocycles. The van der Waals surface area contributed by atoms with Gasteiger partial charge in [0, 0.05) is 58.3 Å². The Morgan fingerprint density at radius 1 is 1.21 bits per heavy atom. The number of aliphatic imine (C=N–C) groups is 1. The predicted octanol–water partition coefficient (Wildman–Crippen LogP) is 1.91. The molecular weight excluding hydrogens is 501 g/mol. The molecule has 2 fully saturated rings. The monoisotopic (exact) mass is 535 g/mol. The minimum absolute atomic E-state index is 0. The number of amides is 1. The fourth-order valence-corrected chi connectivity index (χ4v) is 4.31. The molecule has 1 aromatic rings. The number of hydrogen-bond donors (Lipinski definition) is 1. The number of hydrogen-bond acceptors (Lipinski definition) is 5. The molecule has 1 atom stereocenters. The van der Waals surface area contributed by atoms with E-state index in [9.17, 15) is 4.79 Å². The largest absolute Gasteiger partial charge is 0.378 e. The third-order valence-corrected chi connectivity index (χ3v) is 6.06. The molecule has 0 aliphatic carbocycles. The number of ether oxygens (including phenoxy) is 1. The summed E-state index contributed by atoms with van der Waals surface area (Å²) < 4.78 is 5.33. The molecule has 3 heterocycles. The number of piperazine rings is 1. The molecule has 0 aromatic carbocycles. The molecule has 164 valence electrons. The molecular formula is C20H34IN5O2S. The van der Waals surface area contributed by atoms with Crippen molar-refractivity contribution >= 4 is 47.2 Å². The molecule has 0 saturated carbocycles. The molecule has 1 amide bonds. The number of morpholine rings is 1. The molecule has 1 N–H and O–H groups in total. The van der Waals surface area contributed by atoms with Crippen molar-refractivity contribution in [1.82, 2.24) is 20.0 Å². The fourth-order valence-electron chi connectivity index (χ4n) is 3.53. The Hall–Kier alpha value is -0.910. The van der Waals surface area contributed by atoms with Gasteiger partial charge in [-0.2, -0.15) is 11.3 Å². The first kappa shape index (κ1) is 24.4. The van der Waals surface area contributed by atoms with Crippen LogP contribution in [0.4, 0.5) is 0 Å². The van der Waals surface area contributed by atoms with Gasteiger partial charge in [-0.3, -0.25) is 14.7 Å². The summed E-state index contributed by atoms with van der Waals surface area (Å²) in [4.78, 5) is 23.8. The van der Waals surface area contributed by atoms with Crippen LogP contribution in [0.25, 0.3) is 0 Å². The van der Waals surface area contributed by atoms with E-state index in [1.165, 1.54) is 5.56 Å². The van der Waals surface area contributed by atoms with Crippen LogP contribution in [-0.2, 0) is 9.53 Å². The number of guanidine groups is 1. The van der Waals surface area contributed by atoms with Crippen LogP contribution in [-0.4, -0.2) is 98.7 Å². The van der Waals surface area contributed by atoms with Gasteiger partial charge < -0.3 is 19.9 Å². The Kier molecular flexibility index (Phi) is 10.7. The Labute approximate surface area is 195 Å². The highest BCUT2D eigenvalue weighted by molar-refractivity contribution is 14.0. The number of halogens is 1. The molecule has 7 nitrogen and oxygen atoms in total. The summed E-state index contributed by atoms with van der Waals surface area (Å²) in [6.45, 7) is 12.8. The van der Waals surface area contributed by atoms with Crippen LogP contribution in [0.2, 0.25) is 0 Å². The number of nitrogens with zero attached hydrogens (tertiary/aromatic N) is 4. The van der Waals surface area contributed by atoms with Crippen molar-refractivity contribution in [3.63, 3.8) is 0 Å².